The second kappa shape index (κ2) is 5.89. The van der Waals surface area contributed by atoms with Crippen LogP contribution in [0.15, 0.2) is 101 Å². The SMILES string of the molecule is Cc1ccc(C2=CC(c3ccccc3)(c3ccccc3)N=N2)cc1. The first-order valence-electron chi connectivity index (χ1n) is 8.12. The van der Waals surface area contributed by atoms with Gasteiger partial charge in [0, 0.05) is 5.56 Å². The van der Waals surface area contributed by atoms with Gasteiger partial charge in [-0.25, -0.2) is 0 Å². The van der Waals surface area contributed by atoms with Crippen LogP contribution in [-0.4, -0.2) is 0 Å². The van der Waals surface area contributed by atoms with Crippen LogP contribution in [0.5, 0.6) is 0 Å². The summed E-state index contributed by atoms with van der Waals surface area (Å²) in [5.74, 6) is 0. The minimum atomic E-state index is -0.553. The average Bonchev–Trinajstić information content (AvgIpc) is 3.10. The second-order valence-corrected chi connectivity index (χ2v) is 6.09. The molecule has 4 rings (SSSR count). The number of hydrogen-bond donors (Lipinski definition) is 0. The van der Waals surface area contributed by atoms with E-state index in [0.29, 0.717) is 0 Å². The minimum absolute atomic E-state index is 0.553. The molecular weight excluding hydrogens is 292 g/mol. The Labute approximate surface area is 142 Å². The van der Waals surface area contributed by atoms with Gasteiger partial charge in [0.05, 0.1) is 5.70 Å². The lowest BCUT2D eigenvalue weighted by atomic mass is 9.83. The van der Waals surface area contributed by atoms with Gasteiger partial charge in [-0.2, -0.15) is 10.2 Å². The molecule has 0 saturated heterocycles. The highest BCUT2D eigenvalue weighted by molar-refractivity contribution is 5.70. The standard InChI is InChI=1S/C22H18N2/c1-17-12-14-18(15-13-17)21-16-22(24-23-21,19-8-4-2-5-9-19)20-10-6-3-7-11-20/h2-16H,1H3. The van der Waals surface area contributed by atoms with Crippen LogP contribution < -0.4 is 0 Å². The first kappa shape index (κ1) is 14.6. The highest BCUT2D eigenvalue weighted by Crippen LogP contribution is 2.42. The molecule has 0 aliphatic carbocycles. The van der Waals surface area contributed by atoms with Gasteiger partial charge in [0.1, 0.15) is 0 Å². The van der Waals surface area contributed by atoms with Crippen molar-refractivity contribution in [2.75, 3.05) is 0 Å². The van der Waals surface area contributed by atoms with Gasteiger partial charge in [0.2, 0.25) is 0 Å². The fourth-order valence-electron chi connectivity index (χ4n) is 3.09. The summed E-state index contributed by atoms with van der Waals surface area (Å²) in [6.07, 6.45) is 2.17. The van der Waals surface area contributed by atoms with Crippen molar-refractivity contribution in [2.45, 2.75) is 12.5 Å². The third kappa shape index (κ3) is 2.46. The molecule has 0 amide bonds. The summed E-state index contributed by atoms with van der Waals surface area (Å²) >= 11 is 0. The molecule has 1 aliphatic rings. The summed E-state index contributed by atoms with van der Waals surface area (Å²) in [6.45, 7) is 2.09. The summed E-state index contributed by atoms with van der Waals surface area (Å²) in [4.78, 5) is 0. The Bertz CT molecular complexity index is 852. The molecule has 116 valence electrons. The number of nitrogens with zero attached hydrogens (tertiary/aromatic N) is 2. The zero-order chi connectivity index (χ0) is 16.4. The third-order valence-electron chi connectivity index (χ3n) is 4.44. The molecule has 2 nitrogen and oxygen atoms in total. The van der Waals surface area contributed by atoms with Crippen LogP contribution in [0.2, 0.25) is 0 Å². The zero-order valence-electron chi connectivity index (χ0n) is 13.6. The molecule has 1 aliphatic heterocycles. The molecule has 24 heavy (non-hydrogen) atoms. The Hall–Kier alpha value is -3.00. The van der Waals surface area contributed by atoms with E-state index in [0.717, 1.165) is 22.4 Å². The van der Waals surface area contributed by atoms with Gasteiger partial charge in [-0.05, 0) is 24.1 Å². The summed E-state index contributed by atoms with van der Waals surface area (Å²) in [5.41, 5.74) is 4.96. The van der Waals surface area contributed by atoms with Crippen molar-refractivity contribution in [3.63, 3.8) is 0 Å². The van der Waals surface area contributed by atoms with Crippen molar-refractivity contribution in [3.05, 3.63) is 113 Å². The Morgan fingerprint density at radius 3 is 1.75 bits per heavy atom. The number of rotatable bonds is 3. The van der Waals surface area contributed by atoms with Crippen LogP contribution in [0.3, 0.4) is 0 Å². The summed E-state index contributed by atoms with van der Waals surface area (Å²) in [6, 6.07) is 29.1. The Balaban J connectivity index is 1.87. The molecule has 0 spiro atoms. The van der Waals surface area contributed by atoms with Gasteiger partial charge < -0.3 is 0 Å². The van der Waals surface area contributed by atoms with Gasteiger partial charge in [-0.1, -0.05) is 90.5 Å². The van der Waals surface area contributed by atoms with Crippen molar-refractivity contribution in [2.24, 2.45) is 10.2 Å². The Morgan fingerprint density at radius 1 is 0.667 bits per heavy atom. The predicted octanol–water partition coefficient (Wildman–Crippen LogP) is 5.75. The molecule has 0 unspecified atom stereocenters. The Kier molecular flexibility index (Phi) is 3.58. The van der Waals surface area contributed by atoms with E-state index in [4.69, 9.17) is 5.11 Å². The maximum atomic E-state index is 4.72. The number of hydrogen-bond acceptors (Lipinski definition) is 2. The highest BCUT2D eigenvalue weighted by Gasteiger charge is 2.36. The van der Waals surface area contributed by atoms with Crippen LogP contribution in [0.25, 0.3) is 5.70 Å². The molecule has 0 N–H and O–H groups in total. The van der Waals surface area contributed by atoms with Crippen molar-refractivity contribution < 1.29 is 0 Å². The van der Waals surface area contributed by atoms with Crippen molar-refractivity contribution in [3.8, 4) is 0 Å². The zero-order valence-corrected chi connectivity index (χ0v) is 13.6. The van der Waals surface area contributed by atoms with Crippen LogP contribution >= 0.6 is 0 Å². The molecule has 0 radical (unpaired) electrons. The summed E-state index contributed by atoms with van der Waals surface area (Å²) in [5, 5.41) is 9.25. The molecule has 3 aromatic carbocycles. The first-order chi connectivity index (χ1) is 11.8. The lowest BCUT2D eigenvalue weighted by Crippen LogP contribution is -2.20. The van der Waals surface area contributed by atoms with E-state index in [9.17, 15) is 0 Å². The van der Waals surface area contributed by atoms with E-state index < -0.39 is 5.54 Å². The maximum absolute atomic E-state index is 4.72. The van der Waals surface area contributed by atoms with Crippen LogP contribution in [0.1, 0.15) is 22.3 Å². The quantitative estimate of drug-likeness (QED) is 0.589. The molecule has 2 heteroatoms. The maximum Gasteiger partial charge on any atom is 0.152 e. The molecular formula is C22H18N2. The van der Waals surface area contributed by atoms with Gasteiger partial charge in [0.15, 0.2) is 5.54 Å². The molecule has 0 fully saturated rings. The van der Waals surface area contributed by atoms with E-state index in [1.165, 1.54) is 5.56 Å². The first-order valence-corrected chi connectivity index (χ1v) is 8.12. The third-order valence-corrected chi connectivity index (χ3v) is 4.44. The molecule has 1 heterocycles. The van der Waals surface area contributed by atoms with E-state index in [2.05, 4.69) is 66.6 Å². The van der Waals surface area contributed by atoms with Crippen molar-refractivity contribution in [1.82, 2.24) is 0 Å². The van der Waals surface area contributed by atoms with E-state index in [-0.39, 0.29) is 0 Å². The molecule has 0 atom stereocenters. The van der Waals surface area contributed by atoms with Crippen LogP contribution in [0.4, 0.5) is 0 Å². The van der Waals surface area contributed by atoms with Crippen molar-refractivity contribution in [1.29, 1.82) is 0 Å². The van der Waals surface area contributed by atoms with Gasteiger partial charge in [-0.3, -0.25) is 0 Å². The summed E-state index contributed by atoms with van der Waals surface area (Å²) < 4.78 is 0. The topological polar surface area (TPSA) is 24.7 Å². The fourth-order valence-corrected chi connectivity index (χ4v) is 3.09. The van der Waals surface area contributed by atoms with E-state index in [1.807, 2.05) is 36.4 Å². The van der Waals surface area contributed by atoms with Gasteiger partial charge in [0.25, 0.3) is 0 Å². The predicted molar refractivity (Wildman–Crippen MR) is 97.7 cm³/mol. The molecule has 0 saturated carbocycles. The average molecular weight is 310 g/mol. The number of benzene rings is 3. The van der Waals surface area contributed by atoms with Crippen molar-refractivity contribution >= 4 is 5.70 Å². The van der Waals surface area contributed by atoms with Gasteiger partial charge in [-0.15, -0.1) is 0 Å². The number of azo groups is 1. The second-order valence-electron chi connectivity index (χ2n) is 6.09. The lowest BCUT2D eigenvalue weighted by molar-refractivity contribution is 0.670. The molecule has 0 aromatic heterocycles. The minimum Gasteiger partial charge on any atom is -0.168 e. The number of aryl methyl sites for hydroxylation is 1. The van der Waals surface area contributed by atoms with Gasteiger partial charge >= 0.3 is 0 Å². The summed E-state index contributed by atoms with van der Waals surface area (Å²) in [7, 11) is 0. The largest absolute Gasteiger partial charge is 0.168 e. The van der Waals surface area contributed by atoms with Crippen LogP contribution in [0, 0.1) is 6.92 Å². The van der Waals surface area contributed by atoms with Crippen LogP contribution in [-0.2, 0) is 5.54 Å². The normalized spacial score (nSPS) is 15.3. The van der Waals surface area contributed by atoms with E-state index >= 15 is 0 Å². The monoisotopic (exact) mass is 310 g/mol. The highest BCUT2D eigenvalue weighted by atomic mass is 15.2. The smallest absolute Gasteiger partial charge is 0.152 e. The van der Waals surface area contributed by atoms with E-state index in [1.54, 1.807) is 0 Å². The lowest BCUT2D eigenvalue weighted by Gasteiger charge is -2.23. The Morgan fingerprint density at radius 2 is 1.21 bits per heavy atom. The molecule has 3 aromatic rings. The molecule has 0 bridgehead atoms. The fraction of sp³-hybridized carbons (Fsp3) is 0.0909.